The highest BCUT2D eigenvalue weighted by molar-refractivity contribution is 5.92. The molecule has 170 valence electrons. The molecule has 0 fully saturated rings. The number of hydrogen-bond donors (Lipinski definition) is 2. The van der Waals surface area contributed by atoms with Gasteiger partial charge >= 0.3 is 12.1 Å². The molecule has 1 aliphatic rings. The molecule has 0 aromatic heterocycles. The number of carbonyl (C=O) groups excluding carboxylic acids is 1. The van der Waals surface area contributed by atoms with Gasteiger partial charge in [-0.15, -0.1) is 0 Å². The van der Waals surface area contributed by atoms with Gasteiger partial charge < -0.3 is 15.2 Å². The van der Waals surface area contributed by atoms with Crippen molar-refractivity contribution in [3.63, 3.8) is 0 Å². The molecule has 0 unspecified atom stereocenters. The molecule has 8 nitrogen and oxygen atoms in total. The SMILES string of the molecule is O=C(NCCC#Cc1ccc([N+](=O)[O-])c(C(=O)O)c1)OCC1c2ccccc2-c2ccccc21. The van der Waals surface area contributed by atoms with Crippen LogP contribution in [0.3, 0.4) is 0 Å². The highest BCUT2D eigenvalue weighted by Crippen LogP contribution is 2.44. The molecule has 0 saturated carbocycles. The van der Waals surface area contributed by atoms with Gasteiger partial charge in [0.25, 0.3) is 5.69 Å². The van der Waals surface area contributed by atoms with Gasteiger partial charge in [0.1, 0.15) is 12.2 Å². The Kier molecular flexibility index (Phi) is 6.55. The molecule has 4 rings (SSSR count). The van der Waals surface area contributed by atoms with E-state index in [2.05, 4.69) is 29.3 Å². The van der Waals surface area contributed by atoms with Gasteiger partial charge in [0.2, 0.25) is 0 Å². The number of fused-ring (bicyclic) bond motifs is 3. The van der Waals surface area contributed by atoms with Crippen LogP contribution >= 0.6 is 0 Å². The average Bonchev–Trinajstić information content (AvgIpc) is 3.16. The van der Waals surface area contributed by atoms with E-state index >= 15 is 0 Å². The minimum atomic E-state index is -1.40. The summed E-state index contributed by atoms with van der Waals surface area (Å²) in [4.78, 5) is 33.5. The van der Waals surface area contributed by atoms with Gasteiger partial charge in [0, 0.05) is 30.5 Å². The summed E-state index contributed by atoms with van der Waals surface area (Å²) >= 11 is 0. The topological polar surface area (TPSA) is 119 Å². The lowest BCUT2D eigenvalue weighted by molar-refractivity contribution is -0.385. The fourth-order valence-corrected chi connectivity index (χ4v) is 3.99. The second-order valence-electron chi connectivity index (χ2n) is 7.60. The number of benzene rings is 3. The van der Waals surface area contributed by atoms with Crippen LogP contribution in [0.4, 0.5) is 10.5 Å². The van der Waals surface area contributed by atoms with Gasteiger partial charge in [0.05, 0.1) is 4.92 Å². The van der Waals surface area contributed by atoms with Crippen LogP contribution in [0.25, 0.3) is 11.1 Å². The van der Waals surface area contributed by atoms with Crippen molar-refractivity contribution in [3.05, 3.63) is 99.1 Å². The Bertz CT molecular complexity index is 1290. The number of aromatic carboxylic acids is 1. The molecule has 3 aromatic rings. The molecule has 0 radical (unpaired) electrons. The Hall–Kier alpha value is -4.64. The lowest BCUT2D eigenvalue weighted by atomic mass is 9.98. The Morgan fingerprint density at radius 2 is 1.68 bits per heavy atom. The number of rotatable bonds is 6. The van der Waals surface area contributed by atoms with Crippen LogP contribution in [-0.4, -0.2) is 35.2 Å². The lowest BCUT2D eigenvalue weighted by Gasteiger charge is -2.14. The second kappa shape index (κ2) is 9.88. The summed E-state index contributed by atoms with van der Waals surface area (Å²) in [6.07, 6.45) is -0.254. The molecule has 34 heavy (non-hydrogen) atoms. The first-order chi connectivity index (χ1) is 16.5. The van der Waals surface area contributed by atoms with E-state index in [1.54, 1.807) is 0 Å². The van der Waals surface area contributed by atoms with E-state index in [9.17, 15) is 19.7 Å². The monoisotopic (exact) mass is 456 g/mol. The molecule has 0 heterocycles. The van der Waals surface area contributed by atoms with Crippen LogP contribution in [0.15, 0.2) is 66.7 Å². The zero-order valence-electron chi connectivity index (χ0n) is 18.0. The predicted octanol–water partition coefficient (Wildman–Crippen LogP) is 4.57. The van der Waals surface area contributed by atoms with Crippen molar-refractivity contribution in [2.24, 2.45) is 0 Å². The van der Waals surface area contributed by atoms with Crippen LogP contribution < -0.4 is 5.32 Å². The van der Waals surface area contributed by atoms with E-state index in [1.165, 1.54) is 6.07 Å². The van der Waals surface area contributed by atoms with E-state index in [0.29, 0.717) is 12.0 Å². The summed E-state index contributed by atoms with van der Waals surface area (Å²) in [5, 5.41) is 22.7. The van der Waals surface area contributed by atoms with Crippen molar-refractivity contribution in [1.29, 1.82) is 0 Å². The number of nitro benzene ring substituents is 1. The van der Waals surface area contributed by atoms with Crippen LogP contribution in [-0.2, 0) is 4.74 Å². The fourth-order valence-electron chi connectivity index (χ4n) is 3.99. The number of alkyl carbamates (subject to hydrolysis) is 1. The quantitative estimate of drug-likeness (QED) is 0.243. The molecular formula is C26H20N2O6. The lowest BCUT2D eigenvalue weighted by Crippen LogP contribution is -2.26. The maximum atomic E-state index is 12.2. The van der Waals surface area contributed by atoms with Crippen molar-refractivity contribution in [2.75, 3.05) is 13.2 Å². The van der Waals surface area contributed by atoms with E-state index in [4.69, 9.17) is 9.84 Å². The third kappa shape index (κ3) is 4.74. The zero-order valence-corrected chi connectivity index (χ0v) is 18.0. The van der Waals surface area contributed by atoms with Gasteiger partial charge in [-0.1, -0.05) is 60.4 Å². The highest BCUT2D eigenvalue weighted by Gasteiger charge is 2.28. The van der Waals surface area contributed by atoms with Gasteiger partial charge in [-0.05, 0) is 34.4 Å². The standard InChI is InChI=1S/C26H20N2O6/c29-25(30)22-15-17(12-13-24(22)28(32)33)7-5-6-14-27-26(31)34-16-23-20-10-3-1-8-18(20)19-9-2-4-11-21(19)23/h1-4,8-13,15,23H,6,14,16H2,(H,27,31)(H,29,30). The fraction of sp³-hybridized carbons (Fsp3) is 0.154. The van der Waals surface area contributed by atoms with Crippen molar-refractivity contribution in [2.45, 2.75) is 12.3 Å². The summed E-state index contributed by atoms with van der Waals surface area (Å²) in [5.41, 5.74) is 3.99. The number of carboxylic acid groups (broad SMARTS) is 1. The molecule has 2 N–H and O–H groups in total. The number of hydrogen-bond acceptors (Lipinski definition) is 5. The van der Waals surface area contributed by atoms with Crippen molar-refractivity contribution in [3.8, 4) is 23.0 Å². The largest absolute Gasteiger partial charge is 0.477 e. The third-order valence-electron chi connectivity index (χ3n) is 5.52. The van der Waals surface area contributed by atoms with Crippen molar-refractivity contribution < 1.29 is 24.4 Å². The molecule has 8 heteroatoms. The number of carboxylic acids is 1. The van der Waals surface area contributed by atoms with Gasteiger partial charge in [0.15, 0.2) is 0 Å². The first-order valence-electron chi connectivity index (χ1n) is 10.5. The first-order valence-corrected chi connectivity index (χ1v) is 10.5. The van der Waals surface area contributed by atoms with E-state index < -0.39 is 28.2 Å². The van der Waals surface area contributed by atoms with E-state index in [0.717, 1.165) is 34.4 Å². The Morgan fingerprint density at radius 1 is 1.03 bits per heavy atom. The summed E-state index contributed by atoms with van der Waals surface area (Å²) in [6, 6.07) is 19.8. The number of ether oxygens (including phenoxy) is 1. The molecule has 1 amide bonds. The molecule has 0 saturated heterocycles. The average molecular weight is 456 g/mol. The molecule has 0 bridgehead atoms. The Balaban J connectivity index is 1.30. The van der Waals surface area contributed by atoms with Crippen molar-refractivity contribution in [1.82, 2.24) is 5.32 Å². The molecule has 3 aromatic carbocycles. The van der Waals surface area contributed by atoms with Crippen LogP contribution in [0.2, 0.25) is 0 Å². The predicted molar refractivity (Wildman–Crippen MR) is 125 cm³/mol. The van der Waals surface area contributed by atoms with Crippen LogP contribution in [0, 0.1) is 22.0 Å². The molecular weight excluding hydrogens is 436 g/mol. The number of nitrogens with one attached hydrogen (secondary N) is 1. The summed E-state index contributed by atoms with van der Waals surface area (Å²) in [5.74, 6) is 4.14. The van der Waals surface area contributed by atoms with Crippen LogP contribution in [0.5, 0.6) is 0 Å². The molecule has 0 spiro atoms. The van der Waals surface area contributed by atoms with Crippen molar-refractivity contribution >= 4 is 17.7 Å². The molecule has 1 aliphatic carbocycles. The van der Waals surface area contributed by atoms with Gasteiger partial charge in [-0.2, -0.15) is 0 Å². The zero-order chi connectivity index (χ0) is 24.1. The molecule has 0 atom stereocenters. The second-order valence-corrected chi connectivity index (χ2v) is 7.60. The highest BCUT2D eigenvalue weighted by atomic mass is 16.6. The summed E-state index contributed by atoms with van der Waals surface area (Å²) < 4.78 is 5.45. The van der Waals surface area contributed by atoms with E-state index in [-0.39, 0.29) is 19.1 Å². The minimum absolute atomic E-state index is 0.0245. The van der Waals surface area contributed by atoms with E-state index in [1.807, 2.05) is 36.4 Å². The Morgan fingerprint density at radius 3 is 2.29 bits per heavy atom. The third-order valence-corrected chi connectivity index (χ3v) is 5.52. The van der Waals surface area contributed by atoms with Gasteiger partial charge in [-0.25, -0.2) is 9.59 Å². The summed E-state index contributed by atoms with van der Waals surface area (Å²) in [6.45, 7) is 0.453. The smallest absolute Gasteiger partial charge is 0.407 e. The van der Waals surface area contributed by atoms with Gasteiger partial charge in [-0.3, -0.25) is 10.1 Å². The minimum Gasteiger partial charge on any atom is -0.477 e. The number of amides is 1. The molecule has 0 aliphatic heterocycles. The first kappa shape index (κ1) is 22.6. The maximum absolute atomic E-state index is 12.2. The summed E-state index contributed by atoms with van der Waals surface area (Å²) in [7, 11) is 0. The number of nitrogens with zero attached hydrogens (tertiary/aromatic N) is 1. The number of carbonyl (C=O) groups is 2. The maximum Gasteiger partial charge on any atom is 0.407 e. The Labute approximate surface area is 195 Å². The normalized spacial score (nSPS) is 11.5. The number of nitro groups is 1. The van der Waals surface area contributed by atoms with Crippen LogP contribution in [0.1, 0.15) is 39.4 Å².